The van der Waals surface area contributed by atoms with Crippen LogP contribution in [0.25, 0.3) is 0 Å². The van der Waals surface area contributed by atoms with Crippen molar-refractivity contribution in [2.45, 2.75) is 50.0 Å². The summed E-state index contributed by atoms with van der Waals surface area (Å²) in [7, 11) is 0. The van der Waals surface area contributed by atoms with Gasteiger partial charge in [-0.2, -0.15) is 0 Å². The van der Waals surface area contributed by atoms with Crippen LogP contribution in [0.15, 0.2) is 4.79 Å². The van der Waals surface area contributed by atoms with Crippen LogP contribution in [0, 0.1) is 0 Å². The van der Waals surface area contributed by atoms with Crippen LogP contribution < -0.4 is 11.2 Å². The van der Waals surface area contributed by atoms with Gasteiger partial charge in [-0.1, -0.05) is 32.6 Å². The summed E-state index contributed by atoms with van der Waals surface area (Å²) >= 11 is 1.27. The van der Waals surface area contributed by atoms with Crippen molar-refractivity contribution in [2.75, 3.05) is 0 Å². The summed E-state index contributed by atoms with van der Waals surface area (Å²) in [6, 6.07) is 0. The minimum Gasteiger partial charge on any atom is -0.493 e. The Balaban J connectivity index is 2.49. The fraction of sp³-hybridized carbons (Fsp3) is 0.667. The molecule has 0 radical (unpaired) electrons. The Kier molecular flexibility index (Phi) is 7.24. The maximum Gasteiger partial charge on any atom is 0.325 e. The lowest BCUT2D eigenvalue weighted by atomic mass is 10.1. The third-order valence-electron chi connectivity index (χ3n) is 2.93. The van der Waals surface area contributed by atoms with Crippen LogP contribution in [0.4, 0.5) is 0 Å². The molecule has 0 aliphatic rings. The molecule has 1 rings (SSSR count). The van der Waals surface area contributed by atoms with Gasteiger partial charge in [0.15, 0.2) is 0 Å². The normalized spacial score (nSPS) is 12.3. The van der Waals surface area contributed by atoms with Crippen LogP contribution in [0.5, 0.6) is 5.88 Å². The summed E-state index contributed by atoms with van der Waals surface area (Å²) in [6.45, 7) is 2.11. The van der Waals surface area contributed by atoms with E-state index in [9.17, 15) is 14.7 Å². The highest BCUT2D eigenvalue weighted by atomic mass is 32.2. The molecule has 5 N–H and O–H groups in total. The topological polar surface area (TPSA) is 118 Å². The van der Waals surface area contributed by atoms with E-state index in [4.69, 9.17) is 5.21 Å². The number of amides is 1. The molecule has 1 amide bonds. The smallest absolute Gasteiger partial charge is 0.325 e. The highest BCUT2D eigenvalue weighted by Crippen LogP contribution is 2.24. The van der Waals surface area contributed by atoms with Crippen LogP contribution in [-0.2, 0) is 10.5 Å². The van der Waals surface area contributed by atoms with E-state index in [1.54, 1.807) is 5.48 Å². The first-order valence-corrected chi connectivity index (χ1v) is 7.69. The molecule has 1 heterocycles. The highest BCUT2D eigenvalue weighted by molar-refractivity contribution is 7.99. The van der Waals surface area contributed by atoms with Crippen LogP contribution in [-0.4, -0.2) is 31.4 Å². The number of hydrogen-bond acceptors (Lipinski definition) is 5. The number of aromatic amines is 2. The number of rotatable bonds is 9. The van der Waals surface area contributed by atoms with Crippen molar-refractivity contribution in [3.05, 3.63) is 16.2 Å². The largest absolute Gasteiger partial charge is 0.493 e. The molecule has 0 fully saturated rings. The number of thioether (sulfide) groups is 1. The Hall–Kier alpha value is -1.41. The molecule has 0 spiro atoms. The van der Waals surface area contributed by atoms with Crippen molar-refractivity contribution in [2.24, 2.45) is 0 Å². The van der Waals surface area contributed by atoms with Gasteiger partial charge in [0.05, 0.1) is 10.9 Å². The number of hydrogen-bond donors (Lipinski definition) is 5. The molecule has 1 unspecified atom stereocenters. The number of hydroxylamine groups is 1. The van der Waals surface area contributed by atoms with Crippen molar-refractivity contribution < 1.29 is 15.1 Å². The van der Waals surface area contributed by atoms with Crippen molar-refractivity contribution in [3.63, 3.8) is 0 Å². The number of carbonyl (C=O) groups excluding carboxylic acids is 1. The molecule has 1 aromatic heterocycles. The zero-order chi connectivity index (χ0) is 15.0. The van der Waals surface area contributed by atoms with E-state index >= 15 is 0 Å². The minimum absolute atomic E-state index is 0.211. The van der Waals surface area contributed by atoms with E-state index in [-0.39, 0.29) is 11.6 Å². The average molecular weight is 303 g/mol. The summed E-state index contributed by atoms with van der Waals surface area (Å²) < 4.78 is 0. The molecule has 0 aliphatic carbocycles. The monoisotopic (exact) mass is 303 g/mol. The Morgan fingerprint density at radius 3 is 2.65 bits per heavy atom. The summed E-state index contributed by atoms with van der Waals surface area (Å²) in [4.78, 5) is 27.2. The lowest BCUT2D eigenvalue weighted by Crippen LogP contribution is -2.30. The standard InChI is InChI=1S/C12H21N3O4S/c1-2-3-4-5-6-9(11(17)15-19)20-7-8-10(16)14-12(18)13-8/h9,16,19H,2-7H2,1H3,(H,15,17)(H2,13,14,18). The molecule has 0 saturated heterocycles. The number of unbranched alkanes of at least 4 members (excludes halogenated alkanes) is 3. The SMILES string of the molecule is CCCCCCC(SCc1[nH]c(=O)[nH]c1O)C(=O)NO. The molecule has 0 saturated carbocycles. The Labute approximate surface area is 121 Å². The number of nitrogens with one attached hydrogen (secondary N) is 3. The lowest BCUT2D eigenvalue weighted by Gasteiger charge is -2.13. The zero-order valence-corrected chi connectivity index (χ0v) is 12.3. The van der Waals surface area contributed by atoms with Crippen molar-refractivity contribution >= 4 is 17.7 Å². The number of imidazole rings is 1. The van der Waals surface area contributed by atoms with Gasteiger partial charge < -0.3 is 10.1 Å². The van der Waals surface area contributed by atoms with Gasteiger partial charge in [0.2, 0.25) is 5.88 Å². The molecule has 0 aliphatic heterocycles. The van der Waals surface area contributed by atoms with E-state index in [2.05, 4.69) is 16.9 Å². The van der Waals surface area contributed by atoms with E-state index in [1.807, 2.05) is 0 Å². The number of H-pyrrole nitrogens is 2. The first-order chi connectivity index (χ1) is 9.58. The summed E-state index contributed by atoms with van der Waals surface area (Å²) in [5.41, 5.74) is 1.53. The average Bonchev–Trinajstić information content (AvgIpc) is 2.75. The fourth-order valence-corrected chi connectivity index (χ4v) is 2.93. The Bertz CT molecular complexity index is 472. The highest BCUT2D eigenvalue weighted by Gasteiger charge is 2.19. The van der Waals surface area contributed by atoms with Gasteiger partial charge >= 0.3 is 5.69 Å². The van der Waals surface area contributed by atoms with Crippen LogP contribution in [0.1, 0.15) is 44.7 Å². The molecular formula is C12H21N3O4S. The first kappa shape index (κ1) is 16.6. The molecule has 1 atom stereocenters. The Morgan fingerprint density at radius 1 is 1.35 bits per heavy atom. The van der Waals surface area contributed by atoms with E-state index in [1.165, 1.54) is 11.8 Å². The molecular weight excluding hydrogens is 282 g/mol. The van der Waals surface area contributed by atoms with Gasteiger partial charge in [-0.3, -0.25) is 15.0 Å². The van der Waals surface area contributed by atoms with Gasteiger partial charge in [0, 0.05) is 5.75 Å². The maximum absolute atomic E-state index is 11.6. The lowest BCUT2D eigenvalue weighted by molar-refractivity contribution is -0.128. The van der Waals surface area contributed by atoms with Gasteiger partial charge in [-0.15, -0.1) is 11.8 Å². The van der Waals surface area contributed by atoms with Crippen LogP contribution in [0.3, 0.4) is 0 Å². The van der Waals surface area contributed by atoms with E-state index < -0.39 is 16.8 Å². The molecule has 0 aromatic carbocycles. The predicted octanol–water partition coefficient (Wildman–Crippen LogP) is 1.49. The third kappa shape index (κ3) is 5.30. The van der Waals surface area contributed by atoms with Gasteiger partial charge in [0.1, 0.15) is 0 Å². The fourth-order valence-electron chi connectivity index (χ4n) is 1.82. The molecule has 8 heteroatoms. The van der Waals surface area contributed by atoms with Crippen molar-refractivity contribution in [3.8, 4) is 5.88 Å². The Morgan fingerprint density at radius 2 is 2.10 bits per heavy atom. The van der Waals surface area contributed by atoms with Crippen LogP contribution >= 0.6 is 11.8 Å². The predicted molar refractivity (Wildman–Crippen MR) is 76.8 cm³/mol. The number of aromatic nitrogens is 2. The number of aromatic hydroxyl groups is 1. The van der Waals surface area contributed by atoms with Crippen molar-refractivity contribution in [1.82, 2.24) is 15.4 Å². The number of carbonyl (C=O) groups is 1. The van der Waals surface area contributed by atoms with Gasteiger partial charge in [-0.25, -0.2) is 10.3 Å². The summed E-state index contributed by atoms with van der Waals surface area (Å²) in [5, 5.41) is 17.8. The van der Waals surface area contributed by atoms with Crippen LogP contribution in [0.2, 0.25) is 0 Å². The second kappa shape index (κ2) is 8.70. The summed E-state index contributed by atoms with van der Waals surface area (Å²) in [5.74, 6) is -0.378. The van der Waals surface area contributed by atoms with Gasteiger partial charge in [0.25, 0.3) is 5.91 Å². The first-order valence-electron chi connectivity index (χ1n) is 6.64. The van der Waals surface area contributed by atoms with Crippen molar-refractivity contribution in [1.29, 1.82) is 0 Å². The zero-order valence-electron chi connectivity index (χ0n) is 11.4. The van der Waals surface area contributed by atoms with E-state index in [0.717, 1.165) is 25.7 Å². The minimum atomic E-state index is -0.482. The summed E-state index contributed by atoms with van der Waals surface area (Å²) in [6.07, 6.45) is 4.81. The molecule has 20 heavy (non-hydrogen) atoms. The maximum atomic E-state index is 11.6. The second-order valence-electron chi connectivity index (χ2n) is 4.53. The molecule has 0 bridgehead atoms. The second-order valence-corrected chi connectivity index (χ2v) is 5.72. The third-order valence-corrected chi connectivity index (χ3v) is 4.24. The molecule has 7 nitrogen and oxygen atoms in total. The van der Waals surface area contributed by atoms with Gasteiger partial charge in [-0.05, 0) is 6.42 Å². The molecule has 1 aromatic rings. The molecule has 114 valence electrons. The quantitative estimate of drug-likeness (QED) is 0.269. The van der Waals surface area contributed by atoms with E-state index in [0.29, 0.717) is 12.1 Å².